The maximum absolute atomic E-state index is 7.18. The van der Waals surface area contributed by atoms with Crippen molar-refractivity contribution in [1.29, 1.82) is 5.53 Å². The van der Waals surface area contributed by atoms with Crippen molar-refractivity contribution < 1.29 is 0 Å². The number of hydrogen-bond donors (Lipinski definition) is 1. The molecule has 3 heteroatoms. The number of hydrogen-bond acceptors (Lipinski definition) is 3. The predicted octanol–water partition coefficient (Wildman–Crippen LogP) is 3.93. The molecule has 1 N–H and O–H groups in total. The van der Waals surface area contributed by atoms with E-state index in [0.717, 1.165) is 32.4 Å². The third kappa shape index (κ3) is 1.77. The highest BCUT2D eigenvalue weighted by atomic mass is 15.2. The van der Waals surface area contributed by atoms with Gasteiger partial charge < -0.3 is 0 Å². The Morgan fingerprint density at radius 2 is 1.80 bits per heavy atom. The van der Waals surface area contributed by atoms with Crippen molar-refractivity contribution in [2.24, 2.45) is 5.11 Å². The Bertz CT molecular complexity index is 651. The fourth-order valence-electron chi connectivity index (χ4n) is 3.87. The Morgan fingerprint density at radius 1 is 1.05 bits per heavy atom. The van der Waals surface area contributed by atoms with Gasteiger partial charge in [-0.05, 0) is 41.2 Å². The molecule has 20 heavy (non-hydrogen) atoms. The lowest BCUT2D eigenvalue weighted by Crippen LogP contribution is -2.37. The van der Waals surface area contributed by atoms with Gasteiger partial charge in [0.1, 0.15) is 0 Å². The largest absolute Gasteiger partial charge is 0.296 e. The van der Waals surface area contributed by atoms with Gasteiger partial charge in [-0.3, -0.25) is 4.90 Å². The second-order valence-electron chi connectivity index (χ2n) is 5.98. The van der Waals surface area contributed by atoms with Crippen LogP contribution in [0.4, 0.5) is 0 Å². The van der Waals surface area contributed by atoms with E-state index in [0.29, 0.717) is 6.04 Å². The first-order valence-electron chi connectivity index (χ1n) is 7.48. The molecular formula is C17H19N3. The standard InChI is InChI=1S/C17H19N3/c18-19-14-7-9-20(10-8-14)16-11-13-5-1-3-12-4-2-6-15(16)17(12)13/h1-6,14,16,18H,7-11H2. The van der Waals surface area contributed by atoms with Crippen molar-refractivity contribution in [3.8, 4) is 0 Å². The molecule has 1 saturated heterocycles. The molecule has 1 atom stereocenters. The van der Waals surface area contributed by atoms with Crippen molar-refractivity contribution in [3.63, 3.8) is 0 Å². The number of nitrogens with zero attached hydrogens (tertiary/aromatic N) is 2. The quantitative estimate of drug-likeness (QED) is 0.821. The van der Waals surface area contributed by atoms with E-state index in [-0.39, 0.29) is 6.04 Å². The summed E-state index contributed by atoms with van der Waals surface area (Å²) >= 11 is 0. The molecule has 0 spiro atoms. The summed E-state index contributed by atoms with van der Waals surface area (Å²) in [6.07, 6.45) is 3.21. The molecule has 3 nitrogen and oxygen atoms in total. The molecule has 1 heterocycles. The molecule has 1 aliphatic carbocycles. The van der Waals surface area contributed by atoms with Crippen LogP contribution >= 0.6 is 0 Å². The maximum atomic E-state index is 7.18. The first-order valence-corrected chi connectivity index (χ1v) is 7.48. The first-order chi connectivity index (χ1) is 9.86. The summed E-state index contributed by atoms with van der Waals surface area (Å²) in [4.78, 5) is 2.59. The molecule has 0 bridgehead atoms. The van der Waals surface area contributed by atoms with Crippen molar-refractivity contribution in [3.05, 3.63) is 47.5 Å². The van der Waals surface area contributed by atoms with E-state index in [9.17, 15) is 0 Å². The molecular weight excluding hydrogens is 246 g/mol. The van der Waals surface area contributed by atoms with E-state index in [1.54, 1.807) is 0 Å². The van der Waals surface area contributed by atoms with Gasteiger partial charge in [0.15, 0.2) is 0 Å². The second kappa shape index (κ2) is 4.67. The predicted molar refractivity (Wildman–Crippen MR) is 80.1 cm³/mol. The summed E-state index contributed by atoms with van der Waals surface area (Å²) in [5.41, 5.74) is 10.2. The summed E-state index contributed by atoms with van der Waals surface area (Å²) in [6.45, 7) is 2.14. The van der Waals surface area contributed by atoms with E-state index in [1.165, 1.54) is 21.9 Å². The molecule has 4 rings (SSSR count). The summed E-state index contributed by atoms with van der Waals surface area (Å²) in [7, 11) is 0. The highest BCUT2D eigenvalue weighted by Crippen LogP contribution is 2.40. The van der Waals surface area contributed by atoms with E-state index in [1.807, 2.05) is 0 Å². The maximum Gasteiger partial charge on any atom is 0.0730 e. The summed E-state index contributed by atoms with van der Waals surface area (Å²) in [6, 6.07) is 14.2. The summed E-state index contributed by atoms with van der Waals surface area (Å²) in [5, 5.41) is 6.56. The minimum atomic E-state index is 0.255. The zero-order valence-corrected chi connectivity index (χ0v) is 11.5. The third-order valence-electron chi connectivity index (χ3n) is 4.92. The molecule has 2 aromatic carbocycles. The average molecular weight is 265 g/mol. The van der Waals surface area contributed by atoms with Gasteiger partial charge in [-0.2, -0.15) is 5.11 Å². The Kier molecular flexibility index (Phi) is 2.81. The van der Waals surface area contributed by atoms with Crippen LogP contribution in [-0.4, -0.2) is 24.0 Å². The van der Waals surface area contributed by atoms with Crippen LogP contribution in [0.5, 0.6) is 0 Å². The van der Waals surface area contributed by atoms with Gasteiger partial charge in [0.05, 0.1) is 6.04 Å². The monoisotopic (exact) mass is 265 g/mol. The molecule has 1 aliphatic heterocycles. The summed E-state index contributed by atoms with van der Waals surface area (Å²) < 4.78 is 0. The number of piperidine rings is 1. The van der Waals surface area contributed by atoms with Gasteiger partial charge in [-0.25, -0.2) is 5.53 Å². The lowest BCUT2D eigenvalue weighted by atomic mass is 10.00. The van der Waals surface area contributed by atoms with Crippen LogP contribution < -0.4 is 0 Å². The van der Waals surface area contributed by atoms with Crippen LogP contribution in [0.15, 0.2) is 41.5 Å². The summed E-state index contributed by atoms with van der Waals surface area (Å²) in [5.74, 6) is 0. The average Bonchev–Trinajstić information content (AvgIpc) is 2.89. The van der Waals surface area contributed by atoms with Crippen LogP contribution in [0.2, 0.25) is 0 Å². The van der Waals surface area contributed by atoms with E-state index in [4.69, 9.17) is 5.53 Å². The topological polar surface area (TPSA) is 39.5 Å². The fourth-order valence-corrected chi connectivity index (χ4v) is 3.87. The Labute approximate surface area is 119 Å². The van der Waals surface area contributed by atoms with Gasteiger partial charge in [0.2, 0.25) is 0 Å². The SMILES string of the molecule is N=NC1CCN(C2Cc3cccc4cccc2c34)CC1. The molecule has 0 amide bonds. The highest BCUT2D eigenvalue weighted by molar-refractivity contribution is 5.91. The van der Waals surface area contributed by atoms with Crippen molar-refractivity contribution in [2.45, 2.75) is 31.3 Å². The molecule has 0 radical (unpaired) electrons. The normalized spacial score (nSPS) is 23.3. The molecule has 1 unspecified atom stereocenters. The number of likely N-dealkylation sites (tertiary alicyclic amines) is 1. The Hall–Kier alpha value is -1.74. The van der Waals surface area contributed by atoms with Gasteiger partial charge in [0.25, 0.3) is 0 Å². The highest BCUT2D eigenvalue weighted by Gasteiger charge is 2.31. The molecule has 1 fully saturated rings. The van der Waals surface area contributed by atoms with Crippen LogP contribution in [0.3, 0.4) is 0 Å². The minimum absolute atomic E-state index is 0.255. The zero-order chi connectivity index (χ0) is 13.5. The van der Waals surface area contributed by atoms with E-state index < -0.39 is 0 Å². The van der Waals surface area contributed by atoms with Crippen LogP contribution in [0.1, 0.15) is 30.0 Å². The second-order valence-corrected chi connectivity index (χ2v) is 5.98. The smallest absolute Gasteiger partial charge is 0.0730 e. The van der Waals surface area contributed by atoms with E-state index in [2.05, 4.69) is 46.4 Å². The first kappa shape index (κ1) is 12.0. The number of rotatable bonds is 2. The lowest BCUT2D eigenvalue weighted by Gasteiger charge is -2.34. The van der Waals surface area contributed by atoms with Gasteiger partial charge in [-0.15, -0.1) is 0 Å². The van der Waals surface area contributed by atoms with Crippen molar-refractivity contribution >= 4 is 10.8 Å². The Balaban J connectivity index is 1.67. The third-order valence-corrected chi connectivity index (χ3v) is 4.92. The van der Waals surface area contributed by atoms with Crippen LogP contribution in [0.25, 0.3) is 10.8 Å². The fraction of sp³-hybridized carbons (Fsp3) is 0.412. The van der Waals surface area contributed by atoms with Gasteiger partial charge in [-0.1, -0.05) is 36.4 Å². The molecule has 0 saturated carbocycles. The Morgan fingerprint density at radius 3 is 2.55 bits per heavy atom. The van der Waals surface area contributed by atoms with Crippen LogP contribution in [0, 0.1) is 5.53 Å². The van der Waals surface area contributed by atoms with Crippen molar-refractivity contribution in [1.82, 2.24) is 4.90 Å². The molecule has 102 valence electrons. The zero-order valence-electron chi connectivity index (χ0n) is 11.5. The van der Waals surface area contributed by atoms with Gasteiger partial charge in [0, 0.05) is 19.1 Å². The van der Waals surface area contributed by atoms with Gasteiger partial charge >= 0.3 is 0 Å². The van der Waals surface area contributed by atoms with Crippen LogP contribution in [-0.2, 0) is 6.42 Å². The minimum Gasteiger partial charge on any atom is -0.296 e. The number of benzene rings is 2. The number of nitrogens with one attached hydrogen (secondary N) is 1. The molecule has 0 aromatic heterocycles. The lowest BCUT2D eigenvalue weighted by molar-refractivity contribution is 0.154. The molecule has 2 aromatic rings. The molecule has 2 aliphatic rings. The van der Waals surface area contributed by atoms with Crippen molar-refractivity contribution in [2.75, 3.05) is 13.1 Å². The van der Waals surface area contributed by atoms with E-state index >= 15 is 0 Å².